The van der Waals surface area contributed by atoms with Gasteiger partial charge in [0.1, 0.15) is 17.5 Å². The Morgan fingerprint density at radius 2 is 1.64 bits per heavy atom. The Kier molecular flexibility index (Phi) is 7.27. The Labute approximate surface area is 204 Å². The third-order valence-electron chi connectivity index (χ3n) is 5.01. The maximum absolute atomic E-state index is 14.5. The van der Waals surface area contributed by atoms with Gasteiger partial charge in [0, 0.05) is 33.0 Å². The topological polar surface area (TPSA) is 63.0 Å². The molecule has 0 fully saturated rings. The number of aromatic nitrogens is 1. The van der Waals surface area contributed by atoms with E-state index in [1.165, 1.54) is 30.3 Å². The zero-order chi connectivity index (χ0) is 27.1. The van der Waals surface area contributed by atoms with Crippen molar-refractivity contribution in [1.82, 2.24) is 4.98 Å². The highest BCUT2D eigenvalue weighted by molar-refractivity contribution is 9.10. The second-order valence-electron chi connectivity index (χ2n) is 7.28. The molecule has 0 aliphatic heterocycles. The van der Waals surface area contributed by atoms with E-state index in [0.717, 1.165) is 0 Å². The third-order valence-corrected chi connectivity index (χ3v) is 5.72. The van der Waals surface area contributed by atoms with E-state index in [2.05, 4.69) is 25.7 Å². The van der Waals surface area contributed by atoms with Crippen LogP contribution in [-0.4, -0.2) is 29.7 Å². The van der Waals surface area contributed by atoms with Crippen LogP contribution in [0.25, 0.3) is 10.9 Å². The highest BCUT2D eigenvalue weighted by Gasteiger charge is 2.73. The fourth-order valence-corrected chi connectivity index (χ4v) is 3.88. The van der Waals surface area contributed by atoms with Crippen LogP contribution in [-0.2, 0) is 12.1 Å². The summed E-state index contributed by atoms with van der Waals surface area (Å²) in [6, 6.07) is 8.60. The van der Waals surface area contributed by atoms with Crippen molar-refractivity contribution < 1.29 is 49.0 Å². The van der Waals surface area contributed by atoms with Gasteiger partial charge in [-0.25, -0.2) is 9.37 Å². The van der Waals surface area contributed by atoms with Crippen molar-refractivity contribution in [2.75, 3.05) is 0 Å². The molecule has 14 heteroatoms. The number of hydrogen-bond acceptors (Lipinski definition) is 4. The lowest BCUT2D eigenvalue weighted by molar-refractivity contribution is -0.348. The van der Waals surface area contributed by atoms with Crippen molar-refractivity contribution >= 4 is 32.6 Å². The summed E-state index contributed by atoms with van der Waals surface area (Å²) in [4.78, 5) is 16.8. The summed E-state index contributed by atoms with van der Waals surface area (Å²) in [7, 11) is 0. The van der Waals surface area contributed by atoms with Crippen LogP contribution in [0.15, 0.2) is 46.9 Å². The molecule has 36 heavy (non-hydrogen) atoms. The van der Waals surface area contributed by atoms with Gasteiger partial charge in [-0.2, -0.15) is 40.4 Å². The number of ketones is 1. The first-order valence-corrected chi connectivity index (χ1v) is 10.3. The number of nitriles is 1. The fraction of sp³-hybridized carbons (Fsp3) is 0.227. The smallest absolute Gasteiger partial charge is 0.434 e. The lowest BCUT2D eigenvalue weighted by Gasteiger charge is -2.31. The van der Waals surface area contributed by atoms with E-state index in [1.54, 1.807) is 0 Å². The fourth-order valence-electron chi connectivity index (χ4n) is 3.29. The van der Waals surface area contributed by atoms with Crippen molar-refractivity contribution in [2.24, 2.45) is 0 Å². The molecule has 0 saturated carbocycles. The molecule has 0 atom stereocenters. The SMILES string of the molecule is N#Cc1ccc2cc(C(=O)Cc3c(Br)cc(C(F)(C(F)(F)F)C(F)(F)F)cc3OC(F)F)ccc2n1. The predicted molar refractivity (Wildman–Crippen MR) is 110 cm³/mol. The van der Waals surface area contributed by atoms with Gasteiger partial charge in [-0.1, -0.05) is 15.9 Å². The molecular formula is C22H10BrF9N2O2. The minimum atomic E-state index is -6.49. The van der Waals surface area contributed by atoms with Gasteiger partial charge in [0.2, 0.25) is 0 Å². The number of halogens is 10. The summed E-state index contributed by atoms with van der Waals surface area (Å²) in [5.74, 6) is -2.04. The summed E-state index contributed by atoms with van der Waals surface area (Å²) >= 11 is 2.65. The number of benzene rings is 2. The molecule has 3 aromatic rings. The number of pyridine rings is 1. The molecule has 0 N–H and O–H groups in total. The minimum Gasteiger partial charge on any atom is -0.434 e. The van der Waals surface area contributed by atoms with Gasteiger partial charge in [-0.3, -0.25) is 4.79 Å². The van der Waals surface area contributed by atoms with E-state index in [1.807, 2.05) is 6.07 Å². The molecule has 0 amide bonds. The average Bonchev–Trinajstić information content (AvgIpc) is 2.77. The molecule has 4 nitrogen and oxygen atoms in total. The Bertz CT molecular complexity index is 1350. The zero-order valence-corrected chi connectivity index (χ0v) is 18.9. The van der Waals surface area contributed by atoms with Gasteiger partial charge in [-0.05, 0) is 42.5 Å². The van der Waals surface area contributed by atoms with Crippen molar-refractivity contribution in [3.8, 4) is 11.8 Å². The second kappa shape index (κ2) is 9.61. The number of carbonyl (C=O) groups is 1. The highest BCUT2D eigenvalue weighted by atomic mass is 79.9. The number of carbonyl (C=O) groups excluding carboxylic acids is 1. The van der Waals surface area contributed by atoms with Gasteiger partial charge in [-0.15, -0.1) is 0 Å². The lowest BCUT2D eigenvalue weighted by atomic mass is 9.91. The van der Waals surface area contributed by atoms with E-state index in [0.29, 0.717) is 10.9 Å². The minimum absolute atomic E-state index is 0.0154. The maximum atomic E-state index is 14.5. The lowest BCUT2D eigenvalue weighted by Crippen LogP contribution is -2.50. The monoisotopic (exact) mass is 584 g/mol. The zero-order valence-electron chi connectivity index (χ0n) is 17.3. The summed E-state index contributed by atoms with van der Waals surface area (Å²) in [5.41, 5.74) is -8.07. The maximum Gasteiger partial charge on any atom is 0.435 e. The van der Waals surface area contributed by atoms with Crippen LogP contribution in [0.2, 0.25) is 0 Å². The second-order valence-corrected chi connectivity index (χ2v) is 8.14. The Balaban J connectivity index is 2.08. The van der Waals surface area contributed by atoms with Gasteiger partial charge in [0.25, 0.3) is 0 Å². The first-order chi connectivity index (χ1) is 16.6. The van der Waals surface area contributed by atoms with Crippen LogP contribution in [0.3, 0.4) is 0 Å². The van der Waals surface area contributed by atoms with Gasteiger partial charge >= 0.3 is 24.6 Å². The Morgan fingerprint density at radius 1 is 1.00 bits per heavy atom. The normalized spacial score (nSPS) is 12.6. The predicted octanol–water partition coefficient (Wildman–Crippen LogP) is 7.19. The molecule has 1 heterocycles. The quantitative estimate of drug-likeness (QED) is 0.227. The van der Waals surface area contributed by atoms with Crippen molar-refractivity contribution in [2.45, 2.75) is 31.1 Å². The number of hydrogen-bond donors (Lipinski definition) is 0. The van der Waals surface area contributed by atoms with Crippen LogP contribution in [0.5, 0.6) is 5.75 Å². The molecule has 0 aliphatic carbocycles. The molecule has 2 aromatic carbocycles. The Morgan fingerprint density at radius 3 is 2.19 bits per heavy atom. The van der Waals surface area contributed by atoms with Crippen LogP contribution in [0, 0.1) is 11.3 Å². The largest absolute Gasteiger partial charge is 0.435 e. The molecular weight excluding hydrogens is 575 g/mol. The van der Waals surface area contributed by atoms with Gasteiger partial charge in [0.15, 0.2) is 5.78 Å². The van der Waals surface area contributed by atoms with Crippen LogP contribution in [0.1, 0.15) is 27.2 Å². The average molecular weight is 585 g/mol. The van der Waals surface area contributed by atoms with E-state index in [4.69, 9.17) is 5.26 Å². The molecule has 190 valence electrons. The number of nitrogens with zero attached hydrogens (tertiary/aromatic N) is 2. The third kappa shape index (κ3) is 5.11. The first-order valence-electron chi connectivity index (χ1n) is 9.52. The number of ether oxygens (including phenoxy) is 1. The first kappa shape index (κ1) is 27.3. The standard InChI is InChI=1S/C22H10BrF9N2O2/c23-15-6-12(20(26,21(27,28)29)22(30,31)32)7-18(36-19(24)25)14(15)8-17(35)11-2-4-16-10(5-11)1-3-13(9-33)34-16/h1-7,19H,8H2. The van der Waals surface area contributed by atoms with Crippen molar-refractivity contribution in [1.29, 1.82) is 5.26 Å². The van der Waals surface area contributed by atoms with Gasteiger partial charge < -0.3 is 4.74 Å². The summed E-state index contributed by atoms with van der Waals surface area (Å²) < 4.78 is 123. The molecule has 3 rings (SSSR count). The molecule has 1 aromatic heterocycles. The van der Waals surface area contributed by atoms with Gasteiger partial charge in [0.05, 0.1) is 5.52 Å². The summed E-state index contributed by atoms with van der Waals surface area (Å²) in [6.07, 6.45) is -13.8. The molecule has 0 aliphatic rings. The van der Waals surface area contributed by atoms with E-state index < -0.39 is 58.2 Å². The molecule has 0 spiro atoms. The van der Waals surface area contributed by atoms with Crippen LogP contribution < -0.4 is 4.74 Å². The summed E-state index contributed by atoms with van der Waals surface area (Å²) in [6.45, 7) is -3.71. The van der Waals surface area contributed by atoms with E-state index >= 15 is 0 Å². The number of fused-ring (bicyclic) bond motifs is 1. The number of alkyl halides is 9. The summed E-state index contributed by atoms with van der Waals surface area (Å²) in [5, 5.41) is 9.31. The van der Waals surface area contributed by atoms with Crippen LogP contribution >= 0.6 is 15.9 Å². The van der Waals surface area contributed by atoms with Crippen molar-refractivity contribution in [3.63, 3.8) is 0 Å². The molecule has 0 radical (unpaired) electrons. The Hall–Kier alpha value is -3.34. The highest BCUT2D eigenvalue weighted by Crippen LogP contribution is 2.54. The molecule has 0 saturated heterocycles. The van der Waals surface area contributed by atoms with E-state index in [9.17, 15) is 44.3 Å². The van der Waals surface area contributed by atoms with E-state index in [-0.39, 0.29) is 23.4 Å². The molecule has 0 unspecified atom stereocenters. The molecule has 0 bridgehead atoms. The number of Topliss-reactive ketones (excluding diaryl/α,β-unsaturated/α-hetero) is 1. The van der Waals surface area contributed by atoms with Crippen LogP contribution in [0.4, 0.5) is 39.5 Å². The van der Waals surface area contributed by atoms with Crippen molar-refractivity contribution in [3.05, 3.63) is 69.3 Å². The number of rotatable bonds is 6.